The van der Waals surface area contributed by atoms with Crippen molar-refractivity contribution in [1.82, 2.24) is 5.32 Å². The van der Waals surface area contributed by atoms with Gasteiger partial charge in [-0.1, -0.05) is 25.3 Å². The van der Waals surface area contributed by atoms with Gasteiger partial charge in [-0.15, -0.1) is 0 Å². The topological polar surface area (TPSA) is 68.9 Å². The average molecular weight is 345 g/mol. The average Bonchev–Trinajstić information content (AvgIpc) is 3.15. The van der Waals surface area contributed by atoms with Crippen LogP contribution in [0.3, 0.4) is 0 Å². The van der Waals surface area contributed by atoms with Gasteiger partial charge in [0.1, 0.15) is 0 Å². The van der Waals surface area contributed by atoms with Crippen LogP contribution in [0.2, 0.25) is 0 Å². The summed E-state index contributed by atoms with van der Waals surface area (Å²) in [5, 5.41) is 3.35. The lowest BCUT2D eigenvalue weighted by Crippen LogP contribution is -2.41. The van der Waals surface area contributed by atoms with Gasteiger partial charge in [0, 0.05) is 6.04 Å². The molecule has 0 aliphatic heterocycles. The molecule has 0 aromatic heterocycles. The standard InChI is InChI=1S/C20H31N3O2/c1-24-19-13-15(11-12-18(19)25-17-9-5-6-10-17)14-22-20(21)23-16-7-3-2-4-8-16/h11-13,16-17H,2-10,14H2,1H3,(H3,21,22,23). The van der Waals surface area contributed by atoms with Gasteiger partial charge in [0.15, 0.2) is 17.5 Å². The van der Waals surface area contributed by atoms with Crippen molar-refractivity contribution in [1.29, 1.82) is 0 Å². The Hall–Kier alpha value is -1.91. The number of hydrogen-bond acceptors (Lipinski definition) is 3. The summed E-state index contributed by atoms with van der Waals surface area (Å²) in [4.78, 5) is 4.48. The number of methoxy groups -OCH3 is 1. The van der Waals surface area contributed by atoms with Gasteiger partial charge in [-0.05, 0) is 56.2 Å². The summed E-state index contributed by atoms with van der Waals surface area (Å²) in [5.41, 5.74) is 7.12. The minimum Gasteiger partial charge on any atom is -0.493 e. The van der Waals surface area contributed by atoms with Gasteiger partial charge in [-0.2, -0.15) is 0 Å². The van der Waals surface area contributed by atoms with Crippen molar-refractivity contribution >= 4 is 5.96 Å². The number of aliphatic imine (C=N–C) groups is 1. The van der Waals surface area contributed by atoms with Gasteiger partial charge < -0.3 is 20.5 Å². The van der Waals surface area contributed by atoms with E-state index in [0.717, 1.165) is 29.9 Å². The predicted octanol–water partition coefficient (Wildman–Crippen LogP) is 3.75. The van der Waals surface area contributed by atoms with Crippen LogP contribution in [0.5, 0.6) is 11.5 Å². The molecule has 0 bridgehead atoms. The fourth-order valence-electron chi connectivity index (χ4n) is 3.77. The zero-order chi connectivity index (χ0) is 17.5. The first-order valence-corrected chi connectivity index (χ1v) is 9.64. The third-order valence-electron chi connectivity index (χ3n) is 5.21. The maximum absolute atomic E-state index is 6.08. The first-order chi connectivity index (χ1) is 12.2. The van der Waals surface area contributed by atoms with E-state index in [4.69, 9.17) is 15.2 Å². The molecular weight excluding hydrogens is 314 g/mol. The number of nitrogens with one attached hydrogen (secondary N) is 1. The molecule has 25 heavy (non-hydrogen) atoms. The van der Waals surface area contributed by atoms with Crippen molar-refractivity contribution in [3.8, 4) is 11.5 Å². The van der Waals surface area contributed by atoms with Crippen molar-refractivity contribution in [3.63, 3.8) is 0 Å². The summed E-state index contributed by atoms with van der Waals surface area (Å²) < 4.78 is 11.6. The number of nitrogens with two attached hydrogens (primary N) is 1. The molecule has 2 aliphatic carbocycles. The SMILES string of the molecule is COc1cc(CN=C(N)NC2CCCCC2)ccc1OC1CCCC1. The first-order valence-electron chi connectivity index (χ1n) is 9.64. The van der Waals surface area contributed by atoms with E-state index in [1.807, 2.05) is 18.2 Å². The van der Waals surface area contributed by atoms with Crippen LogP contribution in [-0.2, 0) is 6.54 Å². The molecular formula is C20H31N3O2. The fraction of sp³-hybridized carbons (Fsp3) is 0.650. The Morgan fingerprint density at radius 2 is 1.80 bits per heavy atom. The molecule has 5 heteroatoms. The number of ether oxygens (including phenoxy) is 2. The Kier molecular flexibility index (Phi) is 6.42. The van der Waals surface area contributed by atoms with Crippen molar-refractivity contribution in [3.05, 3.63) is 23.8 Å². The van der Waals surface area contributed by atoms with Gasteiger partial charge >= 0.3 is 0 Å². The number of benzene rings is 1. The van der Waals surface area contributed by atoms with Crippen LogP contribution in [0.15, 0.2) is 23.2 Å². The van der Waals surface area contributed by atoms with Crippen LogP contribution in [0.4, 0.5) is 0 Å². The van der Waals surface area contributed by atoms with Gasteiger partial charge in [0.05, 0.1) is 19.8 Å². The van der Waals surface area contributed by atoms with E-state index in [0.29, 0.717) is 24.7 Å². The van der Waals surface area contributed by atoms with Crippen LogP contribution in [0.1, 0.15) is 63.4 Å². The van der Waals surface area contributed by atoms with E-state index in [-0.39, 0.29) is 0 Å². The number of nitrogens with zero attached hydrogens (tertiary/aromatic N) is 1. The second-order valence-electron chi connectivity index (χ2n) is 7.19. The van der Waals surface area contributed by atoms with Crippen LogP contribution < -0.4 is 20.5 Å². The molecule has 0 heterocycles. The van der Waals surface area contributed by atoms with Crippen LogP contribution in [0, 0.1) is 0 Å². The van der Waals surface area contributed by atoms with Crippen LogP contribution >= 0.6 is 0 Å². The Morgan fingerprint density at radius 3 is 2.52 bits per heavy atom. The molecule has 1 aromatic rings. The van der Waals surface area contributed by atoms with Crippen molar-refractivity contribution in [2.75, 3.05) is 7.11 Å². The normalized spacial score (nSPS) is 19.8. The monoisotopic (exact) mass is 345 g/mol. The second-order valence-corrected chi connectivity index (χ2v) is 7.19. The Bertz CT molecular complexity index is 576. The molecule has 3 rings (SSSR count). The molecule has 0 spiro atoms. The molecule has 1 aromatic carbocycles. The lowest BCUT2D eigenvalue weighted by molar-refractivity contribution is 0.200. The number of rotatable bonds is 6. The molecule has 0 unspecified atom stereocenters. The molecule has 0 saturated heterocycles. The van der Waals surface area contributed by atoms with Gasteiger partial charge in [0.25, 0.3) is 0 Å². The minimum atomic E-state index is 0.327. The second kappa shape index (κ2) is 8.97. The third-order valence-corrected chi connectivity index (χ3v) is 5.21. The quantitative estimate of drug-likeness (QED) is 0.608. The van der Waals surface area contributed by atoms with E-state index >= 15 is 0 Å². The third kappa shape index (κ3) is 5.28. The minimum absolute atomic E-state index is 0.327. The summed E-state index contributed by atoms with van der Waals surface area (Å²) >= 11 is 0. The van der Waals surface area contributed by atoms with E-state index in [1.54, 1.807) is 7.11 Å². The molecule has 3 N–H and O–H groups in total. The van der Waals surface area contributed by atoms with Gasteiger partial charge in [0.2, 0.25) is 0 Å². The van der Waals surface area contributed by atoms with Gasteiger partial charge in [-0.3, -0.25) is 0 Å². The zero-order valence-corrected chi connectivity index (χ0v) is 15.3. The molecule has 0 amide bonds. The molecule has 2 aliphatic rings. The Balaban J connectivity index is 1.57. The maximum atomic E-state index is 6.08. The van der Waals surface area contributed by atoms with Crippen molar-refractivity contribution in [2.24, 2.45) is 10.7 Å². The summed E-state index contributed by atoms with van der Waals surface area (Å²) in [6.07, 6.45) is 11.4. The summed E-state index contributed by atoms with van der Waals surface area (Å²) in [6, 6.07) is 6.52. The maximum Gasteiger partial charge on any atom is 0.189 e. The highest BCUT2D eigenvalue weighted by atomic mass is 16.5. The number of guanidine groups is 1. The van der Waals surface area contributed by atoms with E-state index in [9.17, 15) is 0 Å². The van der Waals surface area contributed by atoms with Crippen molar-refractivity contribution in [2.45, 2.75) is 76.5 Å². The Labute approximate surface area is 151 Å². The Morgan fingerprint density at radius 1 is 1.08 bits per heavy atom. The summed E-state index contributed by atoms with van der Waals surface area (Å²) in [5.74, 6) is 2.14. The molecule has 138 valence electrons. The molecule has 2 fully saturated rings. The van der Waals surface area contributed by atoms with E-state index in [2.05, 4.69) is 10.3 Å². The summed E-state index contributed by atoms with van der Waals surface area (Å²) in [7, 11) is 1.68. The lowest BCUT2D eigenvalue weighted by Gasteiger charge is -2.23. The van der Waals surface area contributed by atoms with Crippen LogP contribution in [0.25, 0.3) is 0 Å². The lowest BCUT2D eigenvalue weighted by atomic mass is 9.96. The largest absolute Gasteiger partial charge is 0.493 e. The highest BCUT2D eigenvalue weighted by Crippen LogP contribution is 2.32. The smallest absolute Gasteiger partial charge is 0.189 e. The van der Waals surface area contributed by atoms with Gasteiger partial charge in [-0.25, -0.2) is 4.99 Å². The predicted molar refractivity (Wildman–Crippen MR) is 101 cm³/mol. The van der Waals surface area contributed by atoms with Crippen LogP contribution in [-0.4, -0.2) is 25.2 Å². The highest BCUT2D eigenvalue weighted by molar-refractivity contribution is 5.78. The zero-order valence-electron chi connectivity index (χ0n) is 15.3. The number of hydrogen-bond donors (Lipinski definition) is 2. The molecule has 0 radical (unpaired) electrons. The molecule has 0 atom stereocenters. The van der Waals surface area contributed by atoms with Crippen molar-refractivity contribution < 1.29 is 9.47 Å². The van der Waals surface area contributed by atoms with E-state index < -0.39 is 0 Å². The highest BCUT2D eigenvalue weighted by Gasteiger charge is 2.18. The first kappa shape index (κ1) is 17.9. The van der Waals surface area contributed by atoms with E-state index in [1.165, 1.54) is 44.9 Å². The molecule has 2 saturated carbocycles. The fourth-order valence-corrected chi connectivity index (χ4v) is 3.77. The summed E-state index contributed by atoms with van der Waals surface area (Å²) in [6.45, 7) is 0.547. The molecule has 5 nitrogen and oxygen atoms in total.